The van der Waals surface area contributed by atoms with Gasteiger partial charge in [0.25, 0.3) is 0 Å². The van der Waals surface area contributed by atoms with Gasteiger partial charge in [0.05, 0.1) is 0 Å². The van der Waals surface area contributed by atoms with E-state index in [1.165, 1.54) is 33.4 Å². The zero-order chi connectivity index (χ0) is 17.4. The highest BCUT2D eigenvalue weighted by atomic mass is 14.2. The lowest BCUT2D eigenvalue weighted by molar-refractivity contribution is 0.590. The number of hydrogen-bond donors (Lipinski definition) is 0. The van der Waals surface area contributed by atoms with E-state index in [4.69, 9.17) is 0 Å². The van der Waals surface area contributed by atoms with Crippen LogP contribution in [0.5, 0.6) is 0 Å². The standard InChI is InChI=1S/C23H32/c1-15(2)20-10-9-11-21(16(3)4)22(20)18-12-17(5)13-19(14-18)23(6,7)8/h9-16H,1-8H3. The first-order chi connectivity index (χ1) is 10.6. The molecule has 0 radical (unpaired) electrons. The highest BCUT2D eigenvalue weighted by Crippen LogP contribution is 2.38. The van der Waals surface area contributed by atoms with Gasteiger partial charge < -0.3 is 0 Å². The molecule has 0 saturated heterocycles. The fourth-order valence-electron chi connectivity index (χ4n) is 3.24. The van der Waals surface area contributed by atoms with E-state index >= 15 is 0 Å². The summed E-state index contributed by atoms with van der Waals surface area (Å²) in [7, 11) is 0. The molecule has 23 heavy (non-hydrogen) atoms. The van der Waals surface area contributed by atoms with E-state index in [1.54, 1.807) is 0 Å². The molecule has 0 aliphatic carbocycles. The molecule has 0 unspecified atom stereocenters. The molecular weight excluding hydrogens is 276 g/mol. The first-order valence-electron chi connectivity index (χ1n) is 8.86. The van der Waals surface area contributed by atoms with Gasteiger partial charge >= 0.3 is 0 Å². The molecule has 0 fully saturated rings. The Morgan fingerprint density at radius 2 is 1.30 bits per heavy atom. The zero-order valence-electron chi connectivity index (χ0n) is 16.1. The third-order valence-corrected chi connectivity index (χ3v) is 4.60. The third kappa shape index (κ3) is 3.86. The highest BCUT2D eigenvalue weighted by molar-refractivity contribution is 5.74. The van der Waals surface area contributed by atoms with E-state index in [2.05, 4.69) is 91.8 Å². The molecule has 0 bridgehead atoms. The SMILES string of the molecule is Cc1cc(-c2c(C(C)C)cccc2C(C)C)cc(C(C)(C)C)c1. The predicted molar refractivity (Wildman–Crippen MR) is 103 cm³/mol. The van der Waals surface area contributed by atoms with Crippen molar-refractivity contribution in [2.75, 3.05) is 0 Å². The van der Waals surface area contributed by atoms with Crippen molar-refractivity contribution >= 4 is 0 Å². The molecule has 0 aliphatic heterocycles. The van der Waals surface area contributed by atoms with Crippen molar-refractivity contribution in [3.8, 4) is 11.1 Å². The van der Waals surface area contributed by atoms with Gasteiger partial charge in [-0.05, 0) is 52.0 Å². The monoisotopic (exact) mass is 308 g/mol. The Morgan fingerprint density at radius 1 is 0.783 bits per heavy atom. The molecule has 0 heterocycles. The number of hydrogen-bond acceptors (Lipinski definition) is 0. The lowest BCUT2D eigenvalue weighted by Crippen LogP contribution is -2.11. The average Bonchev–Trinajstić information content (AvgIpc) is 2.44. The Labute approximate surface area is 143 Å². The van der Waals surface area contributed by atoms with Gasteiger partial charge in [0.15, 0.2) is 0 Å². The lowest BCUT2D eigenvalue weighted by atomic mass is 9.80. The lowest BCUT2D eigenvalue weighted by Gasteiger charge is -2.24. The first-order valence-corrected chi connectivity index (χ1v) is 8.86. The zero-order valence-corrected chi connectivity index (χ0v) is 16.1. The van der Waals surface area contributed by atoms with Gasteiger partial charge in [-0.2, -0.15) is 0 Å². The summed E-state index contributed by atoms with van der Waals surface area (Å²) in [6, 6.07) is 13.9. The van der Waals surface area contributed by atoms with E-state index in [0.29, 0.717) is 11.8 Å². The minimum atomic E-state index is 0.172. The summed E-state index contributed by atoms with van der Waals surface area (Å²) in [4.78, 5) is 0. The van der Waals surface area contributed by atoms with Crippen LogP contribution in [0, 0.1) is 6.92 Å². The van der Waals surface area contributed by atoms with Gasteiger partial charge in [-0.1, -0.05) is 90.4 Å². The Morgan fingerprint density at radius 3 is 1.74 bits per heavy atom. The van der Waals surface area contributed by atoms with Gasteiger partial charge in [0, 0.05) is 0 Å². The second kappa shape index (κ2) is 6.51. The minimum absolute atomic E-state index is 0.172. The van der Waals surface area contributed by atoms with Crippen LogP contribution in [0.2, 0.25) is 0 Å². The molecule has 0 atom stereocenters. The number of benzene rings is 2. The Hall–Kier alpha value is -1.56. The second-order valence-electron chi connectivity index (χ2n) is 8.46. The quantitative estimate of drug-likeness (QED) is 0.562. The van der Waals surface area contributed by atoms with Gasteiger partial charge in [-0.25, -0.2) is 0 Å². The molecule has 2 aromatic carbocycles. The van der Waals surface area contributed by atoms with Gasteiger partial charge in [-0.3, -0.25) is 0 Å². The normalized spacial score (nSPS) is 12.3. The summed E-state index contributed by atoms with van der Waals surface area (Å²) in [6.07, 6.45) is 0. The average molecular weight is 309 g/mol. The van der Waals surface area contributed by atoms with E-state index in [-0.39, 0.29) is 5.41 Å². The summed E-state index contributed by atoms with van der Waals surface area (Å²) in [5.74, 6) is 1.06. The Balaban J connectivity index is 2.78. The Bertz CT molecular complexity index is 655. The van der Waals surface area contributed by atoms with Gasteiger partial charge in [0.2, 0.25) is 0 Å². The fraction of sp³-hybridized carbons (Fsp3) is 0.478. The van der Waals surface area contributed by atoms with Crippen molar-refractivity contribution in [2.24, 2.45) is 0 Å². The molecule has 0 amide bonds. The van der Waals surface area contributed by atoms with Crippen LogP contribution in [0.3, 0.4) is 0 Å². The van der Waals surface area contributed by atoms with E-state index in [1.807, 2.05) is 0 Å². The van der Waals surface area contributed by atoms with Crippen molar-refractivity contribution in [3.05, 3.63) is 58.7 Å². The van der Waals surface area contributed by atoms with Crippen LogP contribution in [0.25, 0.3) is 11.1 Å². The van der Waals surface area contributed by atoms with Crippen molar-refractivity contribution in [1.29, 1.82) is 0 Å². The smallest absolute Gasteiger partial charge is 0.0114 e. The first kappa shape index (κ1) is 17.8. The van der Waals surface area contributed by atoms with Crippen molar-refractivity contribution in [2.45, 2.75) is 72.6 Å². The van der Waals surface area contributed by atoms with Crippen LogP contribution in [0.4, 0.5) is 0 Å². The molecule has 0 saturated carbocycles. The van der Waals surface area contributed by atoms with Crippen molar-refractivity contribution in [3.63, 3.8) is 0 Å². The van der Waals surface area contributed by atoms with Crippen LogP contribution in [0.15, 0.2) is 36.4 Å². The molecule has 0 spiro atoms. The maximum Gasteiger partial charge on any atom is -0.0114 e. The summed E-state index contributed by atoms with van der Waals surface area (Å²) in [5, 5.41) is 0. The number of aryl methyl sites for hydroxylation is 1. The maximum atomic E-state index is 2.40. The molecular formula is C23H32. The summed E-state index contributed by atoms with van der Waals surface area (Å²) < 4.78 is 0. The number of rotatable bonds is 3. The molecule has 2 aromatic rings. The minimum Gasteiger partial charge on any atom is -0.0617 e. The van der Waals surface area contributed by atoms with E-state index in [9.17, 15) is 0 Å². The van der Waals surface area contributed by atoms with E-state index < -0.39 is 0 Å². The predicted octanol–water partition coefficient (Wildman–Crippen LogP) is 7.21. The molecule has 124 valence electrons. The third-order valence-electron chi connectivity index (χ3n) is 4.60. The van der Waals surface area contributed by atoms with Crippen LogP contribution in [-0.4, -0.2) is 0 Å². The molecule has 2 rings (SSSR count). The van der Waals surface area contributed by atoms with Crippen LogP contribution < -0.4 is 0 Å². The summed E-state index contributed by atoms with van der Waals surface area (Å²) in [6.45, 7) is 18.3. The fourth-order valence-corrected chi connectivity index (χ4v) is 3.24. The molecule has 0 aromatic heterocycles. The van der Waals surface area contributed by atoms with Crippen LogP contribution in [0.1, 0.15) is 82.6 Å². The van der Waals surface area contributed by atoms with E-state index in [0.717, 1.165) is 0 Å². The second-order valence-corrected chi connectivity index (χ2v) is 8.46. The molecule has 0 nitrogen and oxygen atoms in total. The maximum absolute atomic E-state index is 2.40. The Kier molecular flexibility index (Phi) is 5.04. The van der Waals surface area contributed by atoms with Crippen LogP contribution >= 0.6 is 0 Å². The molecule has 0 aliphatic rings. The molecule has 0 N–H and O–H groups in total. The van der Waals surface area contributed by atoms with Crippen LogP contribution in [-0.2, 0) is 5.41 Å². The molecule has 0 heteroatoms. The highest BCUT2D eigenvalue weighted by Gasteiger charge is 2.19. The summed E-state index contributed by atoms with van der Waals surface area (Å²) in [5.41, 5.74) is 8.69. The summed E-state index contributed by atoms with van der Waals surface area (Å²) >= 11 is 0. The topological polar surface area (TPSA) is 0 Å². The van der Waals surface area contributed by atoms with Gasteiger partial charge in [0.1, 0.15) is 0 Å². The van der Waals surface area contributed by atoms with Crippen molar-refractivity contribution in [1.82, 2.24) is 0 Å². The van der Waals surface area contributed by atoms with Gasteiger partial charge in [-0.15, -0.1) is 0 Å². The largest absolute Gasteiger partial charge is 0.0617 e. The van der Waals surface area contributed by atoms with Crippen molar-refractivity contribution < 1.29 is 0 Å².